The molecule has 0 amide bonds. The molecule has 2 rings (SSSR count). The number of ether oxygens (including phenoxy) is 1. The molecule has 0 spiro atoms. The minimum absolute atomic E-state index is 0.0372. The van der Waals surface area contributed by atoms with E-state index in [9.17, 15) is 4.79 Å². The molecule has 19 heavy (non-hydrogen) atoms. The van der Waals surface area contributed by atoms with Crippen LogP contribution in [0.3, 0.4) is 0 Å². The highest BCUT2D eigenvalue weighted by atomic mass is 28.3. The van der Waals surface area contributed by atoms with Gasteiger partial charge in [0.2, 0.25) is 0 Å². The predicted octanol–water partition coefficient (Wildman–Crippen LogP) is 4.38. The van der Waals surface area contributed by atoms with Crippen LogP contribution in [0.2, 0.25) is 18.1 Å². The zero-order valence-corrected chi connectivity index (χ0v) is 13.6. The second kappa shape index (κ2) is 4.78. The minimum atomic E-state index is -2.04. The normalized spacial score (nSPS) is 16.3. The third-order valence-electron chi connectivity index (χ3n) is 4.67. The quantitative estimate of drug-likeness (QED) is 0.749. The van der Waals surface area contributed by atoms with Crippen LogP contribution < -0.4 is 0 Å². The van der Waals surface area contributed by atoms with Gasteiger partial charge in [-0.3, -0.25) is 4.79 Å². The van der Waals surface area contributed by atoms with Crippen LogP contribution in [-0.2, 0) is 17.6 Å². The van der Waals surface area contributed by atoms with E-state index in [2.05, 4.69) is 58.1 Å². The van der Waals surface area contributed by atoms with Gasteiger partial charge in [-0.2, -0.15) is 0 Å². The molecule has 1 aromatic carbocycles. The summed E-state index contributed by atoms with van der Waals surface area (Å²) in [7, 11) is -2.04. The van der Waals surface area contributed by atoms with E-state index in [4.69, 9.17) is 4.74 Å². The van der Waals surface area contributed by atoms with Crippen LogP contribution in [0.4, 0.5) is 4.79 Å². The average Bonchev–Trinajstić information content (AvgIpc) is 2.69. The second-order valence-electron chi connectivity index (χ2n) is 7.08. The second-order valence-corrected chi connectivity index (χ2v) is 12.2. The van der Waals surface area contributed by atoms with Crippen molar-refractivity contribution in [1.29, 1.82) is 0 Å². The fraction of sp³-hybridized carbons (Fsp3) is 0.562. The highest BCUT2D eigenvalue weighted by Crippen LogP contribution is 2.38. The first-order valence-corrected chi connectivity index (χ1v) is 9.99. The van der Waals surface area contributed by atoms with Gasteiger partial charge < -0.3 is 4.74 Å². The molecule has 0 atom stereocenters. The first-order chi connectivity index (χ1) is 8.72. The lowest BCUT2D eigenvalue weighted by Gasteiger charge is -2.34. The first-order valence-electron chi connectivity index (χ1n) is 6.99. The van der Waals surface area contributed by atoms with Gasteiger partial charge in [-0.25, -0.2) is 0 Å². The van der Waals surface area contributed by atoms with Gasteiger partial charge in [-0.1, -0.05) is 58.1 Å². The van der Waals surface area contributed by atoms with E-state index >= 15 is 0 Å². The predicted molar refractivity (Wildman–Crippen MR) is 81.3 cm³/mol. The Balaban J connectivity index is 2.03. The van der Waals surface area contributed by atoms with Gasteiger partial charge in [-0.15, -0.1) is 0 Å². The Morgan fingerprint density at radius 3 is 2.05 bits per heavy atom. The fourth-order valence-corrected chi connectivity index (χ4v) is 3.28. The Kier molecular flexibility index (Phi) is 3.60. The topological polar surface area (TPSA) is 26.3 Å². The molecular weight excluding hydrogens is 252 g/mol. The molecular formula is C16H24O2Si. The lowest BCUT2D eigenvalue weighted by Crippen LogP contribution is -2.47. The Bertz CT molecular complexity index is 461. The van der Waals surface area contributed by atoms with E-state index in [1.54, 1.807) is 0 Å². The number of hydrogen-bond donors (Lipinski definition) is 0. The monoisotopic (exact) mass is 276 g/mol. The van der Waals surface area contributed by atoms with Crippen molar-refractivity contribution in [3.8, 4) is 0 Å². The summed E-state index contributed by atoms with van der Waals surface area (Å²) in [4.78, 5) is 12.5. The van der Waals surface area contributed by atoms with Crippen LogP contribution in [0.5, 0.6) is 0 Å². The molecule has 0 N–H and O–H groups in total. The maximum Gasteiger partial charge on any atom is 0.272 e. The van der Waals surface area contributed by atoms with Crippen molar-refractivity contribution in [3.05, 3.63) is 35.4 Å². The number of rotatable bonds is 2. The zero-order valence-electron chi connectivity index (χ0n) is 12.6. The maximum absolute atomic E-state index is 12.5. The molecule has 0 heterocycles. The third kappa shape index (κ3) is 2.76. The van der Waals surface area contributed by atoms with Gasteiger partial charge in [-0.05, 0) is 16.2 Å². The van der Waals surface area contributed by atoms with Gasteiger partial charge in [0, 0.05) is 12.8 Å². The van der Waals surface area contributed by atoms with Crippen molar-refractivity contribution in [2.75, 3.05) is 0 Å². The summed E-state index contributed by atoms with van der Waals surface area (Å²) in [6.07, 6.45) is 1.78. The third-order valence-corrected chi connectivity index (χ3v) is 9.56. The Morgan fingerprint density at radius 2 is 1.63 bits per heavy atom. The molecule has 0 aromatic heterocycles. The average molecular weight is 276 g/mol. The highest BCUT2D eigenvalue weighted by Gasteiger charge is 2.45. The smallest absolute Gasteiger partial charge is 0.272 e. The molecule has 0 unspecified atom stereocenters. The number of benzene rings is 1. The Morgan fingerprint density at radius 1 is 1.16 bits per heavy atom. The maximum atomic E-state index is 12.5. The van der Waals surface area contributed by atoms with Crippen molar-refractivity contribution < 1.29 is 9.53 Å². The lowest BCUT2D eigenvalue weighted by atomic mass is 10.1. The molecule has 1 aliphatic carbocycles. The van der Waals surface area contributed by atoms with E-state index in [1.165, 1.54) is 11.1 Å². The lowest BCUT2D eigenvalue weighted by molar-refractivity contribution is 0.123. The number of carbonyl (C=O) groups is 1. The van der Waals surface area contributed by atoms with Gasteiger partial charge in [0.05, 0.1) is 0 Å². The molecule has 104 valence electrons. The van der Waals surface area contributed by atoms with E-state index < -0.39 is 8.07 Å². The summed E-state index contributed by atoms with van der Waals surface area (Å²) in [5.74, 6) is 0. The summed E-state index contributed by atoms with van der Waals surface area (Å²) >= 11 is 0. The van der Waals surface area contributed by atoms with Crippen molar-refractivity contribution in [2.45, 2.75) is 57.8 Å². The SMILES string of the molecule is CC(C)(C)[Si](C)(C)C(=O)OC1Cc2ccccc2C1. The van der Waals surface area contributed by atoms with E-state index in [0.717, 1.165) is 12.8 Å². The van der Waals surface area contributed by atoms with Gasteiger partial charge >= 0.3 is 0 Å². The summed E-state index contributed by atoms with van der Waals surface area (Å²) in [6, 6.07) is 8.37. The molecule has 0 aliphatic heterocycles. The van der Waals surface area contributed by atoms with Crippen LogP contribution in [-0.4, -0.2) is 19.8 Å². The largest absolute Gasteiger partial charge is 0.466 e. The molecule has 0 saturated carbocycles. The zero-order chi connectivity index (χ0) is 14.3. The van der Waals surface area contributed by atoms with Crippen molar-refractivity contribution in [3.63, 3.8) is 0 Å². The van der Waals surface area contributed by atoms with Crippen molar-refractivity contribution >= 4 is 13.7 Å². The first kappa shape index (κ1) is 14.3. The molecule has 0 fully saturated rings. The van der Waals surface area contributed by atoms with Crippen LogP contribution >= 0.6 is 0 Å². The summed E-state index contributed by atoms with van der Waals surface area (Å²) < 4.78 is 5.81. The van der Waals surface area contributed by atoms with Gasteiger partial charge in [0.1, 0.15) is 6.10 Å². The van der Waals surface area contributed by atoms with E-state index in [0.29, 0.717) is 0 Å². The van der Waals surface area contributed by atoms with Crippen molar-refractivity contribution in [1.82, 2.24) is 0 Å². The van der Waals surface area contributed by atoms with E-state index in [1.807, 2.05) is 0 Å². The molecule has 1 aliphatic rings. The Hall–Kier alpha value is -1.09. The number of carbonyl (C=O) groups excluding carboxylic acids is 1. The molecule has 3 heteroatoms. The summed E-state index contributed by atoms with van der Waals surface area (Å²) in [6.45, 7) is 10.6. The van der Waals surface area contributed by atoms with Crippen LogP contribution in [0.1, 0.15) is 31.9 Å². The van der Waals surface area contributed by atoms with Crippen LogP contribution in [0.15, 0.2) is 24.3 Å². The van der Waals surface area contributed by atoms with Gasteiger partial charge in [0.25, 0.3) is 5.59 Å². The summed E-state index contributed by atoms with van der Waals surface area (Å²) in [5, 5.41) is 0.0372. The minimum Gasteiger partial charge on any atom is -0.466 e. The van der Waals surface area contributed by atoms with Crippen LogP contribution in [0.25, 0.3) is 0 Å². The molecule has 0 saturated heterocycles. The molecule has 0 bridgehead atoms. The van der Waals surface area contributed by atoms with E-state index in [-0.39, 0.29) is 16.7 Å². The fourth-order valence-electron chi connectivity index (χ4n) is 2.21. The number of hydrogen-bond acceptors (Lipinski definition) is 2. The van der Waals surface area contributed by atoms with Crippen LogP contribution in [0, 0.1) is 0 Å². The standard InChI is InChI=1S/C16H24O2Si/c1-16(2,3)19(4,5)15(17)18-14-10-12-8-6-7-9-13(12)11-14/h6-9,14H,10-11H2,1-5H3. The number of fused-ring (bicyclic) bond motifs is 1. The van der Waals surface area contributed by atoms with Gasteiger partial charge in [0.15, 0.2) is 8.07 Å². The molecule has 1 aromatic rings. The van der Waals surface area contributed by atoms with Crippen molar-refractivity contribution in [2.24, 2.45) is 0 Å². The molecule has 2 nitrogen and oxygen atoms in total. The molecule has 0 radical (unpaired) electrons. The highest BCUT2D eigenvalue weighted by molar-refractivity contribution is 7.05. The Labute approximate surface area is 117 Å². The summed E-state index contributed by atoms with van der Waals surface area (Å²) in [5.41, 5.74) is 2.71.